The van der Waals surface area contributed by atoms with E-state index in [1.165, 1.54) is 50.0 Å². The molecule has 3 heterocycles. The van der Waals surface area contributed by atoms with Crippen molar-refractivity contribution in [3.63, 3.8) is 0 Å². The summed E-state index contributed by atoms with van der Waals surface area (Å²) in [6, 6.07) is 9.07. The van der Waals surface area contributed by atoms with E-state index >= 15 is 0 Å². The lowest BCUT2D eigenvalue weighted by Crippen LogP contribution is -2.41. The first-order valence-corrected chi connectivity index (χ1v) is 11.8. The van der Waals surface area contributed by atoms with E-state index in [1.54, 1.807) is 0 Å². The van der Waals surface area contributed by atoms with Crippen LogP contribution in [0.25, 0.3) is 0 Å². The Hall–Kier alpha value is -1.63. The van der Waals surface area contributed by atoms with Gasteiger partial charge in [0.05, 0.1) is 13.2 Å². The van der Waals surface area contributed by atoms with Crippen LogP contribution >= 0.6 is 0 Å². The second-order valence-corrected chi connectivity index (χ2v) is 9.39. The van der Waals surface area contributed by atoms with Crippen LogP contribution in [0.5, 0.6) is 0 Å². The predicted molar refractivity (Wildman–Crippen MR) is 123 cm³/mol. The molecule has 0 bridgehead atoms. The molecule has 0 aromatic heterocycles. The Labute approximate surface area is 182 Å². The number of nitrogens with one attached hydrogen (secondary N) is 1. The summed E-state index contributed by atoms with van der Waals surface area (Å²) < 4.78 is 5.68. The third kappa shape index (κ3) is 5.54. The molecule has 166 valence electrons. The van der Waals surface area contributed by atoms with Crippen molar-refractivity contribution in [2.24, 2.45) is 10.4 Å². The van der Waals surface area contributed by atoms with Crippen LogP contribution in [0.1, 0.15) is 37.3 Å². The number of ether oxygens (including phenoxy) is 1. The highest BCUT2D eigenvalue weighted by molar-refractivity contribution is 5.80. The Morgan fingerprint density at radius 3 is 2.67 bits per heavy atom. The Bertz CT molecular complexity index is 698. The molecular weight excluding hydrogens is 374 g/mol. The first kappa shape index (κ1) is 21.6. The first-order chi connectivity index (χ1) is 14.7. The van der Waals surface area contributed by atoms with Gasteiger partial charge < -0.3 is 19.9 Å². The van der Waals surface area contributed by atoms with E-state index in [0.717, 1.165) is 58.4 Å². The fourth-order valence-electron chi connectivity index (χ4n) is 4.95. The van der Waals surface area contributed by atoms with Crippen molar-refractivity contribution in [1.82, 2.24) is 20.0 Å². The molecular formula is C24H39N5O. The molecule has 0 amide bonds. The third-order valence-electron chi connectivity index (χ3n) is 6.91. The van der Waals surface area contributed by atoms with E-state index in [1.807, 2.05) is 0 Å². The van der Waals surface area contributed by atoms with Gasteiger partial charge in [-0.15, -0.1) is 0 Å². The number of benzene rings is 1. The number of rotatable bonds is 5. The molecule has 1 N–H and O–H groups in total. The molecule has 6 nitrogen and oxygen atoms in total. The molecule has 3 saturated heterocycles. The molecule has 1 aromatic rings. The van der Waals surface area contributed by atoms with E-state index in [0.29, 0.717) is 5.41 Å². The van der Waals surface area contributed by atoms with Gasteiger partial charge in [-0.2, -0.15) is 0 Å². The highest BCUT2D eigenvalue weighted by atomic mass is 16.5. The van der Waals surface area contributed by atoms with Gasteiger partial charge in [0.2, 0.25) is 0 Å². The SMILES string of the molecule is CCNC(=NCc1ccc(CN2CCCN(C)CC2)cc1)N1CCC2(CCOC2)C1. The molecule has 4 rings (SSSR count). The Morgan fingerprint density at radius 2 is 1.90 bits per heavy atom. The van der Waals surface area contributed by atoms with Crippen LogP contribution in [0, 0.1) is 5.41 Å². The maximum absolute atomic E-state index is 5.68. The third-order valence-corrected chi connectivity index (χ3v) is 6.91. The topological polar surface area (TPSA) is 43.3 Å². The molecule has 1 unspecified atom stereocenters. The van der Waals surface area contributed by atoms with Gasteiger partial charge in [0, 0.05) is 51.3 Å². The van der Waals surface area contributed by atoms with Crippen LogP contribution in [0.4, 0.5) is 0 Å². The highest BCUT2D eigenvalue weighted by Crippen LogP contribution is 2.38. The summed E-state index contributed by atoms with van der Waals surface area (Å²) in [7, 11) is 2.23. The maximum atomic E-state index is 5.68. The van der Waals surface area contributed by atoms with Crippen molar-refractivity contribution >= 4 is 5.96 Å². The zero-order chi connectivity index (χ0) is 20.8. The minimum atomic E-state index is 0.361. The van der Waals surface area contributed by atoms with Crippen LogP contribution in [0.15, 0.2) is 29.3 Å². The van der Waals surface area contributed by atoms with Crippen LogP contribution in [-0.4, -0.2) is 86.7 Å². The minimum absolute atomic E-state index is 0.361. The summed E-state index contributed by atoms with van der Waals surface area (Å²) >= 11 is 0. The van der Waals surface area contributed by atoms with Gasteiger partial charge in [0.25, 0.3) is 0 Å². The molecule has 30 heavy (non-hydrogen) atoms. The zero-order valence-electron chi connectivity index (χ0n) is 18.9. The van der Waals surface area contributed by atoms with Crippen LogP contribution in [-0.2, 0) is 17.8 Å². The van der Waals surface area contributed by atoms with Crippen LogP contribution < -0.4 is 5.32 Å². The van der Waals surface area contributed by atoms with Crippen LogP contribution in [0.3, 0.4) is 0 Å². The van der Waals surface area contributed by atoms with Crippen molar-refractivity contribution in [3.05, 3.63) is 35.4 Å². The summed E-state index contributed by atoms with van der Waals surface area (Å²) in [4.78, 5) is 12.4. The summed E-state index contributed by atoms with van der Waals surface area (Å²) in [5.74, 6) is 1.05. The summed E-state index contributed by atoms with van der Waals surface area (Å²) in [6.07, 6.45) is 3.68. The number of hydrogen-bond acceptors (Lipinski definition) is 4. The number of hydrogen-bond donors (Lipinski definition) is 1. The zero-order valence-corrected chi connectivity index (χ0v) is 18.9. The summed E-state index contributed by atoms with van der Waals surface area (Å²) in [6.45, 7) is 13.6. The van der Waals surface area contributed by atoms with Crippen molar-refractivity contribution in [2.45, 2.75) is 39.3 Å². The van der Waals surface area contributed by atoms with Gasteiger partial charge in [-0.25, -0.2) is 4.99 Å². The average Bonchev–Trinajstić information content (AvgIpc) is 3.34. The fraction of sp³-hybridized carbons (Fsp3) is 0.708. The Morgan fingerprint density at radius 1 is 1.07 bits per heavy atom. The van der Waals surface area contributed by atoms with Gasteiger partial charge in [-0.1, -0.05) is 24.3 Å². The summed E-state index contributed by atoms with van der Waals surface area (Å²) in [5.41, 5.74) is 3.05. The monoisotopic (exact) mass is 413 g/mol. The number of likely N-dealkylation sites (N-methyl/N-ethyl adjacent to an activating group) is 1. The molecule has 0 saturated carbocycles. The standard InChI is InChI=1S/C24H39N5O/c1-3-25-23(29-13-9-24(19-29)10-16-30-20-24)26-17-21-5-7-22(8-6-21)18-28-12-4-11-27(2)14-15-28/h5-8H,3-4,9-20H2,1-2H3,(H,25,26). The Balaban J connectivity index is 1.32. The molecule has 1 atom stereocenters. The molecule has 1 spiro atoms. The molecule has 3 aliphatic heterocycles. The second-order valence-electron chi connectivity index (χ2n) is 9.39. The summed E-state index contributed by atoms with van der Waals surface area (Å²) in [5, 5.41) is 3.50. The van der Waals surface area contributed by atoms with Crippen molar-refractivity contribution in [3.8, 4) is 0 Å². The van der Waals surface area contributed by atoms with Gasteiger partial charge >= 0.3 is 0 Å². The molecule has 1 aromatic carbocycles. The largest absolute Gasteiger partial charge is 0.381 e. The lowest BCUT2D eigenvalue weighted by molar-refractivity contribution is 0.156. The van der Waals surface area contributed by atoms with Crippen LogP contribution in [0.2, 0.25) is 0 Å². The van der Waals surface area contributed by atoms with E-state index in [2.05, 4.69) is 58.3 Å². The average molecular weight is 414 g/mol. The van der Waals surface area contributed by atoms with E-state index in [9.17, 15) is 0 Å². The quantitative estimate of drug-likeness (QED) is 0.593. The fourth-order valence-corrected chi connectivity index (χ4v) is 4.95. The first-order valence-electron chi connectivity index (χ1n) is 11.8. The Kier molecular flexibility index (Phi) is 7.28. The van der Waals surface area contributed by atoms with Gasteiger partial charge in [-0.3, -0.25) is 4.90 Å². The predicted octanol–water partition coefficient (Wildman–Crippen LogP) is 2.40. The van der Waals surface area contributed by atoms with Gasteiger partial charge in [-0.05, 0) is 57.5 Å². The normalized spacial score (nSPS) is 26.5. The molecule has 3 fully saturated rings. The highest BCUT2D eigenvalue weighted by Gasteiger charge is 2.42. The van der Waals surface area contributed by atoms with E-state index < -0.39 is 0 Å². The lowest BCUT2D eigenvalue weighted by atomic mass is 9.87. The molecule has 0 radical (unpaired) electrons. The number of nitrogens with zero attached hydrogens (tertiary/aromatic N) is 4. The van der Waals surface area contributed by atoms with Crippen molar-refractivity contribution < 1.29 is 4.74 Å². The van der Waals surface area contributed by atoms with Crippen molar-refractivity contribution in [2.75, 3.05) is 66.1 Å². The second kappa shape index (κ2) is 10.1. The maximum Gasteiger partial charge on any atom is 0.194 e. The molecule has 3 aliphatic rings. The van der Waals surface area contributed by atoms with Gasteiger partial charge in [0.15, 0.2) is 5.96 Å². The minimum Gasteiger partial charge on any atom is -0.381 e. The molecule has 6 heteroatoms. The smallest absolute Gasteiger partial charge is 0.194 e. The molecule has 0 aliphatic carbocycles. The van der Waals surface area contributed by atoms with E-state index in [4.69, 9.17) is 9.73 Å². The van der Waals surface area contributed by atoms with Gasteiger partial charge in [0.1, 0.15) is 0 Å². The van der Waals surface area contributed by atoms with E-state index in [-0.39, 0.29) is 0 Å². The number of guanidine groups is 1. The van der Waals surface area contributed by atoms with Crippen molar-refractivity contribution in [1.29, 1.82) is 0 Å². The lowest BCUT2D eigenvalue weighted by Gasteiger charge is -2.25. The number of likely N-dealkylation sites (tertiary alicyclic amines) is 1. The number of aliphatic imine (C=N–C) groups is 1.